The minimum absolute atomic E-state index is 0.281. The van der Waals surface area contributed by atoms with E-state index in [0.717, 1.165) is 15.4 Å². The first kappa shape index (κ1) is 14.7. The van der Waals surface area contributed by atoms with E-state index in [2.05, 4.69) is 31.2 Å². The lowest BCUT2D eigenvalue weighted by Crippen LogP contribution is -2.31. The van der Waals surface area contributed by atoms with Crippen molar-refractivity contribution >= 4 is 38.6 Å². The second kappa shape index (κ2) is 6.17. The summed E-state index contributed by atoms with van der Waals surface area (Å²) in [6.07, 6.45) is 1.97. The number of halogens is 1. The van der Waals surface area contributed by atoms with E-state index in [-0.39, 0.29) is 5.92 Å². The predicted molar refractivity (Wildman–Crippen MR) is 81.7 cm³/mol. The lowest BCUT2D eigenvalue weighted by Gasteiger charge is -2.17. The molecule has 0 spiro atoms. The predicted octanol–water partition coefficient (Wildman–Crippen LogP) is 3.30. The normalized spacial score (nSPS) is 12.6. The molecular weight excluding hydrogens is 322 g/mol. The number of carbonyl (C=O) groups is 1. The monoisotopic (exact) mass is 337 g/mol. The Morgan fingerprint density at radius 1 is 1.40 bits per heavy atom. The number of hydrogen-bond acceptors (Lipinski definition) is 4. The summed E-state index contributed by atoms with van der Waals surface area (Å²) in [7, 11) is 0. The van der Waals surface area contributed by atoms with Crippen molar-refractivity contribution in [2.24, 2.45) is 5.92 Å². The van der Waals surface area contributed by atoms with Gasteiger partial charge < -0.3 is 10.4 Å². The van der Waals surface area contributed by atoms with Crippen LogP contribution >= 0.6 is 15.9 Å². The molecule has 1 aromatic carbocycles. The number of hydrogen-bond donors (Lipinski definition) is 2. The number of fused-ring (bicyclic) bond motifs is 1. The van der Waals surface area contributed by atoms with Crippen LogP contribution in [-0.4, -0.2) is 27.1 Å². The highest BCUT2D eigenvalue weighted by Gasteiger charge is 2.20. The lowest BCUT2D eigenvalue weighted by molar-refractivity contribution is -0.138. The Kier molecular flexibility index (Phi) is 4.54. The summed E-state index contributed by atoms with van der Waals surface area (Å²) in [6.45, 7) is 3.98. The van der Waals surface area contributed by atoms with Crippen molar-refractivity contribution in [3.8, 4) is 0 Å². The van der Waals surface area contributed by atoms with Crippen molar-refractivity contribution in [3.63, 3.8) is 0 Å². The maximum atomic E-state index is 11.3. The summed E-state index contributed by atoms with van der Waals surface area (Å²) >= 11 is 3.40. The van der Waals surface area contributed by atoms with E-state index in [0.29, 0.717) is 12.2 Å². The number of aliphatic carboxylic acids is 1. The van der Waals surface area contributed by atoms with Gasteiger partial charge in [-0.3, -0.25) is 0 Å². The zero-order valence-electron chi connectivity index (χ0n) is 11.3. The quantitative estimate of drug-likeness (QED) is 0.875. The Hall–Kier alpha value is -1.69. The van der Waals surface area contributed by atoms with Crippen LogP contribution in [0.25, 0.3) is 10.9 Å². The van der Waals surface area contributed by atoms with Gasteiger partial charge in [-0.1, -0.05) is 29.8 Å². The molecule has 0 bridgehead atoms. The van der Waals surface area contributed by atoms with Gasteiger partial charge in [0.25, 0.3) is 0 Å². The van der Waals surface area contributed by atoms with Crippen LogP contribution < -0.4 is 5.32 Å². The summed E-state index contributed by atoms with van der Waals surface area (Å²) < 4.78 is 0.901. The van der Waals surface area contributed by atoms with Crippen LogP contribution in [0, 0.1) is 5.92 Å². The molecule has 1 unspecified atom stereocenters. The molecule has 20 heavy (non-hydrogen) atoms. The average Bonchev–Trinajstić information content (AvgIpc) is 2.38. The molecular formula is C14H16BrN3O2. The fourth-order valence-corrected chi connectivity index (χ4v) is 2.36. The molecule has 0 saturated carbocycles. The maximum Gasteiger partial charge on any atom is 0.326 e. The smallest absolute Gasteiger partial charge is 0.326 e. The second-order valence-electron chi connectivity index (χ2n) is 5.05. The van der Waals surface area contributed by atoms with Crippen LogP contribution in [0.4, 0.5) is 5.82 Å². The van der Waals surface area contributed by atoms with E-state index in [4.69, 9.17) is 0 Å². The van der Waals surface area contributed by atoms with E-state index in [1.54, 1.807) is 0 Å². The van der Waals surface area contributed by atoms with Gasteiger partial charge in [0.2, 0.25) is 0 Å². The SMILES string of the molecule is CC(C)CC(Nc1ncnc2ccc(Br)cc12)C(=O)O. The number of nitrogens with one attached hydrogen (secondary N) is 1. The summed E-state index contributed by atoms with van der Waals surface area (Å²) in [5.41, 5.74) is 0.777. The third kappa shape index (κ3) is 3.45. The number of aromatic nitrogens is 2. The van der Waals surface area contributed by atoms with E-state index < -0.39 is 12.0 Å². The fraction of sp³-hybridized carbons (Fsp3) is 0.357. The first-order valence-electron chi connectivity index (χ1n) is 6.37. The summed E-state index contributed by atoms with van der Waals surface area (Å²) in [5, 5.41) is 13.1. The number of nitrogens with zero attached hydrogens (tertiary/aromatic N) is 2. The van der Waals surface area contributed by atoms with Gasteiger partial charge in [-0.15, -0.1) is 0 Å². The minimum Gasteiger partial charge on any atom is -0.480 e. The van der Waals surface area contributed by atoms with Crippen molar-refractivity contribution in [1.82, 2.24) is 9.97 Å². The van der Waals surface area contributed by atoms with Gasteiger partial charge in [0, 0.05) is 9.86 Å². The van der Waals surface area contributed by atoms with Gasteiger partial charge in [-0.05, 0) is 30.5 Å². The van der Waals surface area contributed by atoms with Gasteiger partial charge >= 0.3 is 5.97 Å². The summed E-state index contributed by atoms with van der Waals surface area (Å²) in [4.78, 5) is 19.7. The first-order valence-corrected chi connectivity index (χ1v) is 7.16. The molecule has 0 saturated heterocycles. The number of carboxylic acids is 1. The highest BCUT2D eigenvalue weighted by atomic mass is 79.9. The van der Waals surface area contributed by atoms with Gasteiger partial charge in [-0.25, -0.2) is 14.8 Å². The lowest BCUT2D eigenvalue weighted by atomic mass is 10.0. The van der Waals surface area contributed by atoms with Gasteiger partial charge in [0.15, 0.2) is 0 Å². The number of rotatable bonds is 5. The zero-order valence-corrected chi connectivity index (χ0v) is 12.9. The second-order valence-corrected chi connectivity index (χ2v) is 5.96. The molecule has 0 amide bonds. The fourth-order valence-electron chi connectivity index (χ4n) is 2.00. The molecule has 106 valence electrons. The maximum absolute atomic E-state index is 11.3. The van der Waals surface area contributed by atoms with Crippen LogP contribution in [-0.2, 0) is 4.79 Å². The number of benzene rings is 1. The third-order valence-corrected chi connectivity index (χ3v) is 3.41. The molecule has 1 heterocycles. The van der Waals surface area contributed by atoms with Crippen molar-refractivity contribution in [3.05, 3.63) is 29.0 Å². The molecule has 0 fully saturated rings. The summed E-state index contributed by atoms with van der Waals surface area (Å²) in [5.74, 6) is -0.0479. The third-order valence-electron chi connectivity index (χ3n) is 2.91. The summed E-state index contributed by atoms with van der Waals surface area (Å²) in [6, 6.07) is 4.98. The van der Waals surface area contributed by atoms with E-state index >= 15 is 0 Å². The van der Waals surface area contributed by atoms with Crippen LogP contribution in [0.1, 0.15) is 20.3 Å². The molecule has 2 aromatic rings. The molecule has 0 aliphatic heterocycles. The van der Waals surface area contributed by atoms with Crippen LogP contribution in [0.3, 0.4) is 0 Å². The number of anilines is 1. The molecule has 2 N–H and O–H groups in total. The number of carboxylic acid groups (broad SMARTS) is 1. The van der Waals surface area contributed by atoms with Crippen molar-refractivity contribution in [1.29, 1.82) is 0 Å². The standard InChI is InChI=1S/C14H16BrN3O2/c1-8(2)5-12(14(19)20)18-13-10-6-9(15)3-4-11(10)16-7-17-13/h3-4,6-8,12H,5H2,1-2H3,(H,19,20)(H,16,17,18). The highest BCUT2D eigenvalue weighted by Crippen LogP contribution is 2.24. The molecule has 5 nitrogen and oxygen atoms in total. The van der Waals surface area contributed by atoms with Gasteiger partial charge in [0.1, 0.15) is 18.2 Å². The molecule has 0 aliphatic carbocycles. The Bertz CT molecular complexity index is 631. The van der Waals surface area contributed by atoms with E-state index in [9.17, 15) is 9.90 Å². The van der Waals surface area contributed by atoms with E-state index in [1.165, 1.54) is 6.33 Å². The molecule has 6 heteroatoms. The van der Waals surface area contributed by atoms with E-state index in [1.807, 2.05) is 32.0 Å². The van der Waals surface area contributed by atoms with Crippen LogP contribution in [0.5, 0.6) is 0 Å². The van der Waals surface area contributed by atoms with Gasteiger partial charge in [-0.2, -0.15) is 0 Å². The van der Waals surface area contributed by atoms with Crippen LogP contribution in [0.2, 0.25) is 0 Å². The molecule has 2 rings (SSSR count). The largest absolute Gasteiger partial charge is 0.480 e. The topological polar surface area (TPSA) is 75.1 Å². The molecule has 0 radical (unpaired) electrons. The Balaban J connectivity index is 2.36. The molecule has 1 aromatic heterocycles. The van der Waals surface area contributed by atoms with Crippen molar-refractivity contribution in [2.45, 2.75) is 26.3 Å². The first-order chi connectivity index (χ1) is 9.47. The Morgan fingerprint density at radius 3 is 2.80 bits per heavy atom. The average molecular weight is 338 g/mol. The zero-order chi connectivity index (χ0) is 14.7. The van der Waals surface area contributed by atoms with Crippen LogP contribution in [0.15, 0.2) is 29.0 Å². The molecule has 1 atom stereocenters. The van der Waals surface area contributed by atoms with Gasteiger partial charge in [0.05, 0.1) is 5.52 Å². The minimum atomic E-state index is -0.875. The highest BCUT2D eigenvalue weighted by molar-refractivity contribution is 9.10. The Labute approximate surface area is 125 Å². The Morgan fingerprint density at radius 2 is 2.15 bits per heavy atom. The molecule has 0 aliphatic rings. The van der Waals surface area contributed by atoms with Crippen molar-refractivity contribution < 1.29 is 9.90 Å². The van der Waals surface area contributed by atoms with Crippen molar-refractivity contribution in [2.75, 3.05) is 5.32 Å².